The fourth-order valence-electron chi connectivity index (χ4n) is 12.7. The Kier molecular flexibility index (Phi) is 65.3. The third-order valence-electron chi connectivity index (χ3n) is 20.1. The summed E-state index contributed by atoms with van der Waals surface area (Å²) in [6.07, 6.45) is 27.0. The molecular weight excluding hydrogens is 1840 g/mol. The zero-order valence-electron chi connectivity index (χ0n) is 80.4. The van der Waals surface area contributed by atoms with Crippen LogP contribution in [-0.4, -0.2) is 221 Å². The van der Waals surface area contributed by atoms with Gasteiger partial charge < -0.3 is 148 Å². The predicted molar refractivity (Wildman–Crippen MR) is 546 cm³/mol. The van der Waals surface area contributed by atoms with Gasteiger partial charge in [-0.05, 0) is 172 Å². The van der Waals surface area contributed by atoms with Crippen LogP contribution in [0.4, 0.5) is 39.8 Å². The first-order valence-electron chi connectivity index (χ1n) is 45.3. The number of anilines is 7. The number of hydrogen-bond donors (Lipinski definition) is 25. The smallest absolute Gasteiger partial charge is 0.326 e. The quantitative estimate of drug-likeness (QED) is 0.00956. The molecule has 772 valence electrons. The molecule has 0 bridgehead atoms. The Labute approximate surface area is 825 Å². The zero-order chi connectivity index (χ0) is 103. The van der Waals surface area contributed by atoms with Crippen LogP contribution in [-0.2, 0) is 28.7 Å². The molecule has 0 aliphatic carbocycles. The average Bonchev–Trinajstić information content (AvgIpc) is 0.833. The molecule has 2 unspecified atom stereocenters. The molecule has 0 radical (unpaired) electrons. The van der Waals surface area contributed by atoms with Gasteiger partial charge in [0.1, 0.15) is 58.9 Å². The summed E-state index contributed by atoms with van der Waals surface area (Å²) in [7, 11) is 3.25. The van der Waals surface area contributed by atoms with Crippen LogP contribution in [0, 0.1) is 13.8 Å². The summed E-state index contributed by atoms with van der Waals surface area (Å²) in [6, 6.07) is 23.7. The van der Waals surface area contributed by atoms with E-state index in [0.717, 1.165) is 64.3 Å². The number of carbonyl (C=O) groups excluding carboxylic acids is 7. The van der Waals surface area contributed by atoms with Crippen molar-refractivity contribution >= 4 is 138 Å². The van der Waals surface area contributed by atoms with Gasteiger partial charge in [-0.3, -0.25) is 47.9 Å². The number of rotatable bonds is 49. The first-order chi connectivity index (χ1) is 64.8. The van der Waals surface area contributed by atoms with Gasteiger partial charge in [0, 0.05) is 106 Å². The number of nitrogen functional groups attached to an aromatic ring is 7. The van der Waals surface area contributed by atoms with Crippen LogP contribution >= 0.6 is 27.0 Å². The van der Waals surface area contributed by atoms with Crippen molar-refractivity contribution in [3.05, 3.63) is 165 Å². The number of benzene rings is 7. The van der Waals surface area contributed by atoms with E-state index in [-0.39, 0.29) is 142 Å². The van der Waals surface area contributed by atoms with Gasteiger partial charge in [-0.2, -0.15) is 27.0 Å². The topological polar surface area (TPSA) is 732 Å². The fraction of sp³-hybridized carbons (Fsp3) is 0.443. The maximum absolute atomic E-state index is 13.1. The van der Waals surface area contributed by atoms with Crippen molar-refractivity contribution < 1.29 is 124 Å². The summed E-state index contributed by atoms with van der Waals surface area (Å²) in [5.74, 6) is -11.1. The van der Waals surface area contributed by atoms with Crippen molar-refractivity contribution in [3.8, 4) is 40.2 Å². The highest BCUT2D eigenvalue weighted by Gasteiger charge is 2.27. The lowest BCUT2D eigenvalue weighted by Crippen LogP contribution is -2.42. The molecule has 33 N–H and O–H groups in total. The summed E-state index contributed by atoms with van der Waals surface area (Å²) >= 11 is 0. The number of carboxylic acid groups (broad SMARTS) is 5. The Bertz CT molecular complexity index is 4980. The Morgan fingerprint density at radius 1 is 0.345 bits per heavy atom. The maximum atomic E-state index is 13.1. The molecule has 0 spiro atoms. The van der Waals surface area contributed by atoms with Crippen LogP contribution in [0.2, 0.25) is 0 Å². The molecule has 7 rings (SSSR count). The number of nitrogens with two attached hydrogens (primary N) is 8. The molecule has 0 aromatic heterocycles. The number of unbranched alkanes of at least 4 members (excludes halogenated alkanes) is 19. The monoisotopic (exact) mass is 1990 g/mol. The summed E-state index contributed by atoms with van der Waals surface area (Å²) in [5.41, 5.74) is 48.6. The number of aryl methyl sites for hydroxylation is 2. The number of carbonyl (C=O) groups is 12. The van der Waals surface area contributed by atoms with Crippen LogP contribution in [0.3, 0.4) is 0 Å². The number of carboxylic acids is 5. The van der Waals surface area contributed by atoms with Gasteiger partial charge in [0.05, 0.1) is 45.4 Å². The summed E-state index contributed by atoms with van der Waals surface area (Å²) in [6.45, 7) is 13.9. The Balaban J connectivity index is 0. The second-order valence-corrected chi connectivity index (χ2v) is 32.2. The summed E-state index contributed by atoms with van der Waals surface area (Å²) in [4.78, 5) is 139. The molecule has 0 saturated carbocycles. The van der Waals surface area contributed by atoms with Gasteiger partial charge in [-0.15, -0.1) is 0 Å². The third kappa shape index (κ3) is 53.3. The van der Waals surface area contributed by atoms with E-state index in [0.29, 0.717) is 71.4 Å². The number of nitrogens with zero attached hydrogens (tertiary/aromatic N) is 2. The summed E-state index contributed by atoms with van der Waals surface area (Å²) < 4.78 is 5.62. The van der Waals surface area contributed by atoms with E-state index >= 15 is 0 Å². The molecule has 2 atom stereocenters. The van der Waals surface area contributed by atoms with Crippen molar-refractivity contribution in [2.24, 2.45) is 5.73 Å². The van der Waals surface area contributed by atoms with Crippen molar-refractivity contribution in [2.45, 2.75) is 214 Å². The van der Waals surface area contributed by atoms with E-state index in [2.05, 4.69) is 42.0 Å². The Morgan fingerprint density at radius 2 is 0.647 bits per heavy atom. The first-order valence-corrected chi connectivity index (χ1v) is 45.3. The van der Waals surface area contributed by atoms with Gasteiger partial charge >= 0.3 is 29.8 Å². The van der Waals surface area contributed by atoms with Crippen LogP contribution in [0.1, 0.15) is 271 Å². The molecular formula is C97H147N15O25S2. The van der Waals surface area contributed by atoms with E-state index in [1.165, 1.54) is 199 Å². The fourth-order valence-corrected chi connectivity index (χ4v) is 12.7. The molecule has 0 aliphatic heterocycles. The molecule has 40 nitrogen and oxygen atoms in total. The third-order valence-corrected chi connectivity index (χ3v) is 20.1. The van der Waals surface area contributed by atoms with E-state index in [1.54, 1.807) is 52.2 Å². The van der Waals surface area contributed by atoms with E-state index in [9.17, 15) is 93.3 Å². The first kappa shape index (κ1) is 127. The van der Waals surface area contributed by atoms with Gasteiger partial charge in [-0.25, -0.2) is 9.59 Å². The predicted octanol–water partition coefficient (Wildman–Crippen LogP) is 11.8. The lowest BCUT2D eigenvalue weighted by Gasteiger charge is -2.24. The van der Waals surface area contributed by atoms with Gasteiger partial charge in [-0.1, -0.05) is 143 Å². The molecule has 0 saturated heterocycles. The Morgan fingerprint density at radius 3 is 0.971 bits per heavy atom. The van der Waals surface area contributed by atoms with E-state index < -0.39 is 79.0 Å². The highest BCUT2D eigenvalue weighted by Crippen LogP contribution is 2.30. The molecule has 139 heavy (non-hydrogen) atoms. The highest BCUT2D eigenvalue weighted by molar-refractivity contribution is 7.59. The summed E-state index contributed by atoms with van der Waals surface area (Å²) in [5, 5.41) is 122. The number of aliphatic carboxylic acids is 5. The average molecular weight is 1990 g/mol. The minimum atomic E-state index is -1.59. The van der Waals surface area contributed by atoms with Crippen LogP contribution in [0.15, 0.2) is 115 Å². The molecule has 0 fully saturated rings. The molecule has 0 aliphatic rings. The number of phenols is 7. The lowest BCUT2D eigenvalue weighted by atomic mass is 10.1. The molecule has 7 aromatic carbocycles. The van der Waals surface area contributed by atoms with Crippen molar-refractivity contribution in [2.75, 3.05) is 107 Å². The second-order valence-electron chi connectivity index (χ2n) is 32.2. The van der Waals surface area contributed by atoms with Crippen molar-refractivity contribution in [1.82, 2.24) is 36.4 Å². The largest absolute Gasteiger partial charge is 0.507 e. The number of aromatic hydroxyl groups is 7. The van der Waals surface area contributed by atoms with Crippen molar-refractivity contribution in [3.63, 3.8) is 0 Å². The lowest BCUT2D eigenvalue weighted by molar-refractivity contribution is -0.145. The standard InChI is InChI=1S/C24H42N2O2.C22H38N2O3.C12H14N2O6.C11H12N2O6.C10H14N2O2.C9H13N3O2.C9H10N2O4.2H2S/c1-4-6-8-10-12-14-16-26(17-15-13-11-9-7-5-2)24(28)22-19-21(25)18-20(3)23(22)27;1-2-3-4-5-6-7-8-9-10-11-16-27-17-12-15-24-22(26)20-18-19(23)13-14-21(20)25;13-6-1-3-9(15)7(5-6)11(18)14-8(12(19)20)2-4-10(16)17;12-5-1-2-8(14)6(3-5)10(17)13-7(11(18)19)4-9(15)16;1-6-4-7(11)5-8(9(6)13)10(14)12(2)3;10-3-4-12-9(14)7-5-6(11)1-2-8(7)13;10-5-1-2-7(12)6(3-5)9(15)11-4-8(13)14;;/h18-19,27H,4-17,25H2,1-3H3;13-14,18,25H,2-12,15-17,23H2,1H3,(H,24,26);1,3,5,8,15H,2,4,13H2,(H,14,18)(H,16,17)(H,19,20);1-3,7,14H,4,12H2,(H,13,17)(H,15,16)(H,18,19);4-5,13H,11H2,1-3H3;1-2,5,13H,3-4,10-11H2,(H,12,14);1-3,12H,4,10H2,(H,11,15)(H,13,14);2*1H2. The van der Waals surface area contributed by atoms with Crippen LogP contribution in [0.25, 0.3) is 0 Å². The number of hydrogen-bond acceptors (Lipinski definition) is 28. The number of nitrogens with one attached hydrogen (secondary N) is 5. The van der Waals surface area contributed by atoms with Crippen LogP contribution in [0.5, 0.6) is 40.2 Å². The van der Waals surface area contributed by atoms with Gasteiger partial charge in [0.2, 0.25) is 0 Å². The minimum Gasteiger partial charge on any atom is -0.507 e. The molecule has 7 amide bonds. The Hall–Kier alpha value is -14.0. The molecule has 7 aromatic rings. The molecule has 42 heteroatoms. The van der Waals surface area contributed by atoms with Gasteiger partial charge in [0.25, 0.3) is 41.4 Å². The zero-order valence-corrected chi connectivity index (χ0v) is 82.4. The highest BCUT2D eigenvalue weighted by atomic mass is 32.1. The van der Waals surface area contributed by atoms with Gasteiger partial charge in [0.15, 0.2) is 0 Å². The van der Waals surface area contributed by atoms with Crippen LogP contribution < -0.4 is 72.5 Å². The van der Waals surface area contributed by atoms with E-state index in [1.807, 2.05) is 10.2 Å². The SMILES string of the molecule is CCCCCCCCCCCCOCCCNC(=O)c1cc(N)ccc1O.CCCCCCCCN(CCCCCCCC)C(=O)c1cc(N)cc(C)c1O.Cc1cc(N)cc(C(=O)N(C)C)c1O.NCCNC(=O)c1cc(N)ccc1O.Nc1ccc(O)c(C(=O)NC(CC(=O)O)C(=O)O)c1.Nc1ccc(O)c(C(=O)NC(CCC(=O)O)C(=O)O)c1.Nc1ccc(O)c(C(=O)NCC(=O)O)c1.S.S. The maximum Gasteiger partial charge on any atom is 0.326 e. The normalized spacial score (nSPS) is 10.6. The van der Waals surface area contributed by atoms with Crippen molar-refractivity contribution in [1.29, 1.82) is 0 Å². The minimum absolute atomic E-state index is 0. The number of ether oxygens (including phenoxy) is 1. The number of amides is 7. The van der Waals surface area contributed by atoms with E-state index in [4.69, 9.17) is 76.1 Å². The second kappa shape index (κ2) is 71.5. The number of phenolic OH excluding ortho intramolecular Hbond substituents is 7. The molecule has 0 heterocycles.